The van der Waals surface area contributed by atoms with Gasteiger partial charge in [0, 0.05) is 13.1 Å². The number of oxazole rings is 1. The molecule has 0 atom stereocenters. The zero-order chi connectivity index (χ0) is 18.1. The van der Waals surface area contributed by atoms with Crippen LogP contribution in [0.4, 0.5) is 0 Å². The van der Waals surface area contributed by atoms with E-state index in [0.29, 0.717) is 12.4 Å². The monoisotopic (exact) mass is 344 g/mol. The van der Waals surface area contributed by atoms with E-state index in [4.69, 9.17) is 9.15 Å². The average Bonchev–Trinajstić information content (AvgIpc) is 2.95. The van der Waals surface area contributed by atoms with Crippen molar-refractivity contribution < 1.29 is 9.15 Å². The summed E-state index contributed by atoms with van der Waals surface area (Å²) in [6, 6.07) is 8.19. The number of aliphatic imine (C=N–C) groups is 1. The molecule has 0 bridgehead atoms. The molecule has 0 fully saturated rings. The molecule has 0 aliphatic heterocycles. The van der Waals surface area contributed by atoms with Crippen LogP contribution in [0.1, 0.15) is 36.3 Å². The highest BCUT2D eigenvalue weighted by molar-refractivity contribution is 5.79. The van der Waals surface area contributed by atoms with Crippen molar-refractivity contribution in [1.29, 1.82) is 0 Å². The Morgan fingerprint density at radius 3 is 2.56 bits per heavy atom. The van der Waals surface area contributed by atoms with Gasteiger partial charge in [-0.3, -0.25) is 0 Å². The zero-order valence-electron chi connectivity index (χ0n) is 15.6. The Bertz CT molecular complexity index is 658. The minimum atomic E-state index is 0.433. The molecule has 0 spiro atoms. The molecule has 136 valence electrons. The molecule has 2 aromatic rings. The van der Waals surface area contributed by atoms with Gasteiger partial charge in [0.05, 0.1) is 12.8 Å². The Hall–Kier alpha value is -2.50. The molecule has 6 heteroatoms. The first-order chi connectivity index (χ1) is 12.1. The van der Waals surface area contributed by atoms with Crippen molar-refractivity contribution in [1.82, 2.24) is 15.6 Å². The maximum atomic E-state index is 5.56. The number of nitrogens with one attached hydrogen (secondary N) is 2. The molecule has 0 amide bonds. The number of aryl methyl sites for hydroxylation is 3. The van der Waals surface area contributed by atoms with Crippen LogP contribution in [-0.4, -0.2) is 31.1 Å². The molecule has 0 unspecified atom stereocenters. The first kappa shape index (κ1) is 18.8. The molecule has 1 aromatic carbocycles. The maximum absolute atomic E-state index is 5.56. The van der Waals surface area contributed by atoms with Crippen molar-refractivity contribution in [2.24, 2.45) is 4.99 Å². The van der Waals surface area contributed by atoms with Gasteiger partial charge in [-0.05, 0) is 51.3 Å². The van der Waals surface area contributed by atoms with Crippen LogP contribution in [0.15, 0.2) is 33.7 Å². The lowest BCUT2D eigenvalue weighted by Crippen LogP contribution is -2.37. The van der Waals surface area contributed by atoms with Crippen LogP contribution < -0.4 is 15.4 Å². The van der Waals surface area contributed by atoms with Gasteiger partial charge in [-0.2, -0.15) is 0 Å². The third-order valence-corrected chi connectivity index (χ3v) is 3.88. The van der Waals surface area contributed by atoms with E-state index in [1.54, 1.807) is 7.11 Å². The minimum absolute atomic E-state index is 0.433. The number of aromatic nitrogens is 1. The second-order valence-corrected chi connectivity index (χ2v) is 5.82. The molecular weight excluding hydrogens is 316 g/mol. The number of methoxy groups -OCH3 is 1. The van der Waals surface area contributed by atoms with E-state index in [2.05, 4.69) is 32.7 Å². The van der Waals surface area contributed by atoms with Crippen molar-refractivity contribution >= 4 is 5.96 Å². The third kappa shape index (κ3) is 6.14. The van der Waals surface area contributed by atoms with Gasteiger partial charge in [0.2, 0.25) is 5.89 Å². The van der Waals surface area contributed by atoms with Crippen LogP contribution in [0.25, 0.3) is 0 Å². The number of ether oxygens (including phenoxy) is 1. The van der Waals surface area contributed by atoms with E-state index in [1.807, 2.05) is 32.9 Å². The molecule has 6 nitrogen and oxygen atoms in total. The second kappa shape index (κ2) is 9.71. The lowest BCUT2D eigenvalue weighted by atomic mass is 10.1. The van der Waals surface area contributed by atoms with Crippen LogP contribution in [0, 0.1) is 13.8 Å². The highest BCUT2D eigenvalue weighted by Gasteiger charge is 2.05. The highest BCUT2D eigenvalue weighted by Crippen LogP contribution is 2.12. The molecule has 25 heavy (non-hydrogen) atoms. The summed E-state index contributed by atoms with van der Waals surface area (Å²) in [4.78, 5) is 8.88. The average molecular weight is 344 g/mol. The first-order valence-corrected chi connectivity index (χ1v) is 8.70. The number of hydrogen-bond donors (Lipinski definition) is 2. The molecule has 0 aliphatic carbocycles. The standard InChI is InChI=1S/C19H28N4O2/c1-5-20-19(22-13-18-23-14(2)15(3)25-18)21-12-6-7-16-8-10-17(24-4)11-9-16/h8-11H,5-7,12-13H2,1-4H3,(H2,20,21,22). The van der Waals surface area contributed by atoms with E-state index in [0.717, 1.165) is 49.1 Å². The fourth-order valence-electron chi connectivity index (χ4n) is 2.39. The normalized spacial score (nSPS) is 11.4. The summed E-state index contributed by atoms with van der Waals surface area (Å²) in [5.41, 5.74) is 2.22. The van der Waals surface area contributed by atoms with E-state index in [9.17, 15) is 0 Å². The van der Waals surface area contributed by atoms with Crippen molar-refractivity contribution in [2.45, 2.75) is 40.2 Å². The van der Waals surface area contributed by atoms with Crippen molar-refractivity contribution in [3.8, 4) is 5.75 Å². The van der Waals surface area contributed by atoms with Gasteiger partial charge in [0.15, 0.2) is 5.96 Å². The predicted octanol–water partition coefficient (Wildman–Crippen LogP) is 2.99. The summed E-state index contributed by atoms with van der Waals surface area (Å²) in [6.07, 6.45) is 2.03. The summed E-state index contributed by atoms with van der Waals surface area (Å²) in [6.45, 7) is 8.00. The fourth-order valence-corrected chi connectivity index (χ4v) is 2.39. The number of hydrogen-bond acceptors (Lipinski definition) is 4. The SMILES string of the molecule is CCNC(=NCc1nc(C)c(C)o1)NCCCc1ccc(OC)cc1. The molecule has 0 radical (unpaired) electrons. The summed E-state index contributed by atoms with van der Waals surface area (Å²) in [7, 11) is 1.68. The number of nitrogens with zero attached hydrogens (tertiary/aromatic N) is 2. The molecule has 1 heterocycles. The van der Waals surface area contributed by atoms with E-state index in [1.165, 1.54) is 5.56 Å². The Labute approximate surface area is 149 Å². The maximum Gasteiger partial charge on any atom is 0.216 e. The van der Waals surface area contributed by atoms with E-state index in [-0.39, 0.29) is 0 Å². The van der Waals surface area contributed by atoms with Crippen LogP contribution in [0.2, 0.25) is 0 Å². The van der Waals surface area contributed by atoms with Crippen molar-refractivity contribution in [2.75, 3.05) is 20.2 Å². The molecule has 0 saturated carbocycles. The smallest absolute Gasteiger partial charge is 0.216 e. The second-order valence-electron chi connectivity index (χ2n) is 5.82. The largest absolute Gasteiger partial charge is 0.497 e. The molecule has 0 saturated heterocycles. The molecule has 2 N–H and O–H groups in total. The minimum Gasteiger partial charge on any atom is -0.497 e. The Kier molecular flexibility index (Phi) is 7.32. The van der Waals surface area contributed by atoms with Crippen LogP contribution >= 0.6 is 0 Å². The predicted molar refractivity (Wildman–Crippen MR) is 100 cm³/mol. The summed E-state index contributed by atoms with van der Waals surface area (Å²) >= 11 is 0. The van der Waals surface area contributed by atoms with Gasteiger partial charge in [0.25, 0.3) is 0 Å². The van der Waals surface area contributed by atoms with E-state index < -0.39 is 0 Å². The lowest BCUT2D eigenvalue weighted by Gasteiger charge is -2.11. The third-order valence-electron chi connectivity index (χ3n) is 3.88. The zero-order valence-corrected chi connectivity index (χ0v) is 15.6. The fraction of sp³-hybridized carbons (Fsp3) is 0.474. The van der Waals surface area contributed by atoms with Gasteiger partial charge in [-0.25, -0.2) is 9.98 Å². The number of benzene rings is 1. The van der Waals surface area contributed by atoms with Crippen LogP contribution in [0.3, 0.4) is 0 Å². The number of rotatable bonds is 8. The van der Waals surface area contributed by atoms with Gasteiger partial charge in [0.1, 0.15) is 18.1 Å². The molecule has 0 aliphatic rings. The summed E-state index contributed by atoms with van der Waals surface area (Å²) in [5.74, 6) is 3.17. The Balaban J connectivity index is 1.78. The Morgan fingerprint density at radius 2 is 1.96 bits per heavy atom. The Morgan fingerprint density at radius 1 is 1.20 bits per heavy atom. The van der Waals surface area contributed by atoms with Crippen molar-refractivity contribution in [3.05, 3.63) is 47.2 Å². The van der Waals surface area contributed by atoms with Gasteiger partial charge >= 0.3 is 0 Å². The first-order valence-electron chi connectivity index (χ1n) is 8.70. The summed E-state index contributed by atoms with van der Waals surface area (Å²) in [5, 5.41) is 6.59. The molecule has 2 rings (SSSR count). The topological polar surface area (TPSA) is 71.7 Å². The summed E-state index contributed by atoms with van der Waals surface area (Å²) < 4.78 is 10.7. The van der Waals surface area contributed by atoms with Crippen LogP contribution in [0.5, 0.6) is 5.75 Å². The van der Waals surface area contributed by atoms with Gasteiger partial charge < -0.3 is 19.8 Å². The van der Waals surface area contributed by atoms with E-state index >= 15 is 0 Å². The van der Waals surface area contributed by atoms with Crippen molar-refractivity contribution in [3.63, 3.8) is 0 Å². The van der Waals surface area contributed by atoms with Crippen LogP contribution in [-0.2, 0) is 13.0 Å². The quantitative estimate of drug-likeness (QED) is 0.438. The number of guanidine groups is 1. The lowest BCUT2D eigenvalue weighted by molar-refractivity contribution is 0.414. The highest BCUT2D eigenvalue weighted by atomic mass is 16.5. The molecular formula is C19H28N4O2. The van der Waals surface area contributed by atoms with Gasteiger partial charge in [-0.15, -0.1) is 0 Å². The van der Waals surface area contributed by atoms with Gasteiger partial charge in [-0.1, -0.05) is 12.1 Å². The molecule has 1 aromatic heterocycles.